The Hall–Kier alpha value is -3.76. The van der Waals surface area contributed by atoms with Gasteiger partial charge in [0.25, 0.3) is 15.9 Å². The summed E-state index contributed by atoms with van der Waals surface area (Å²) in [6.07, 6.45) is 4.52. The van der Waals surface area contributed by atoms with Gasteiger partial charge in [0, 0.05) is 17.6 Å². The van der Waals surface area contributed by atoms with Gasteiger partial charge in [-0.15, -0.1) is 0 Å². The number of anilines is 1. The molecule has 3 aromatic carbocycles. The van der Waals surface area contributed by atoms with E-state index in [1.54, 1.807) is 16.7 Å². The van der Waals surface area contributed by atoms with Gasteiger partial charge in [0.1, 0.15) is 16.9 Å². The van der Waals surface area contributed by atoms with Crippen LogP contribution in [0.3, 0.4) is 0 Å². The number of amides is 1. The third-order valence-electron chi connectivity index (χ3n) is 6.91. The van der Waals surface area contributed by atoms with Crippen LogP contribution in [0.4, 0.5) is 5.82 Å². The molecule has 0 radical (unpaired) electrons. The Balaban J connectivity index is 1.61. The van der Waals surface area contributed by atoms with Gasteiger partial charge in [0.15, 0.2) is 5.65 Å². The Bertz CT molecular complexity index is 1770. The normalized spacial score (nSPS) is 11.7. The number of para-hydroxylation sites is 2. The number of hydrogen-bond acceptors (Lipinski definition) is 5. The van der Waals surface area contributed by atoms with Crippen molar-refractivity contribution in [1.82, 2.24) is 19.9 Å². The standard InChI is InChI=1S/C31H32BrN5O3S/c1-2-3-4-10-21-37-29(36-41(39,40)24-17-15-23(32)16-18-24)27(31(38)33-20-19-22-11-6-5-7-12-22)28-30(37)35-26-14-9-8-13-25(26)34-28/h5-9,11-18,36H,2-4,10,19-21H2,1H3,(H,33,38). The lowest BCUT2D eigenvalue weighted by Gasteiger charge is -2.14. The van der Waals surface area contributed by atoms with Gasteiger partial charge in [-0.3, -0.25) is 9.52 Å². The van der Waals surface area contributed by atoms with E-state index in [-0.39, 0.29) is 16.3 Å². The molecular formula is C31H32BrN5O3S. The summed E-state index contributed by atoms with van der Waals surface area (Å²) >= 11 is 3.36. The van der Waals surface area contributed by atoms with Gasteiger partial charge in [-0.05, 0) is 54.8 Å². The largest absolute Gasteiger partial charge is 0.352 e. The van der Waals surface area contributed by atoms with Crippen molar-refractivity contribution in [2.75, 3.05) is 11.3 Å². The third kappa shape index (κ3) is 6.60. The van der Waals surface area contributed by atoms with E-state index in [2.05, 4.69) is 32.9 Å². The summed E-state index contributed by atoms with van der Waals surface area (Å²) in [6.45, 7) is 3.00. The lowest BCUT2D eigenvalue weighted by molar-refractivity contribution is 0.0956. The van der Waals surface area contributed by atoms with Gasteiger partial charge in [0.2, 0.25) is 0 Å². The first-order valence-corrected chi connectivity index (χ1v) is 16.0. The first-order valence-electron chi connectivity index (χ1n) is 13.8. The molecular weight excluding hydrogens is 602 g/mol. The van der Waals surface area contributed by atoms with Gasteiger partial charge in [-0.1, -0.05) is 84.6 Å². The second-order valence-electron chi connectivity index (χ2n) is 9.87. The minimum absolute atomic E-state index is 0.0880. The van der Waals surface area contributed by atoms with Crippen molar-refractivity contribution in [2.24, 2.45) is 0 Å². The zero-order chi connectivity index (χ0) is 28.8. The Labute approximate surface area is 248 Å². The highest BCUT2D eigenvalue weighted by molar-refractivity contribution is 9.10. The zero-order valence-electron chi connectivity index (χ0n) is 22.8. The van der Waals surface area contributed by atoms with Crippen LogP contribution in [0.1, 0.15) is 48.5 Å². The molecule has 5 rings (SSSR count). The van der Waals surface area contributed by atoms with Crippen molar-refractivity contribution in [1.29, 1.82) is 0 Å². The maximum absolute atomic E-state index is 13.8. The van der Waals surface area contributed by atoms with E-state index in [0.717, 1.165) is 35.7 Å². The Morgan fingerprint density at radius 3 is 2.27 bits per heavy atom. The summed E-state index contributed by atoms with van der Waals surface area (Å²) in [5.41, 5.74) is 3.40. The number of carbonyl (C=O) groups is 1. The van der Waals surface area contributed by atoms with Gasteiger partial charge < -0.3 is 9.88 Å². The van der Waals surface area contributed by atoms with Crippen LogP contribution < -0.4 is 10.0 Å². The molecule has 0 aliphatic rings. The molecule has 10 heteroatoms. The molecule has 0 bridgehead atoms. The van der Waals surface area contributed by atoms with Crippen LogP contribution in [0.15, 0.2) is 88.2 Å². The van der Waals surface area contributed by atoms with E-state index in [0.29, 0.717) is 41.7 Å². The molecule has 8 nitrogen and oxygen atoms in total. The Kier molecular flexibility index (Phi) is 8.99. The lowest BCUT2D eigenvalue weighted by atomic mass is 10.1. The topological polar surface area (TPSA) is 106 Å². The minimum Gasteiger partial charge on any atom is -0.352 e. The van der Waals surface area contributed by atoms with Crippen molar-refractivity contribution in [2.45, 2.75) is 50.5 Å². The molecule has 0 unspecified atom stereocenters. The van der Waals surface area contributed by atoms with Crippen LogP contribution >= 0.6 is 15.9 Å². The average molecular weight is 635 g/mol. The quantitative estimate of drug-likeness (QED) is 0.149. The number of nitrogens with zero attached hydrogens (tertiary/aromatic N) is 3. The molecule has 0 aliphatic carbocycles. The molecule has 0 saturated heterocycles. The van der Waals surface area contributed by atoms with Gasteiger partial charge >= 0.3 is 0 Å². The van der Waals surface area contributed by atoms with E-state index in [4.69, 9.17) is 9.97 Å². The van der Waals surface area contributed by atoms with Crippen molar-refractivity contribution in [3.8, 4) is 0 Å². The molecule has 0 spiro atoms. The molecule has 41 heavy (non-hydrogen) atoms. The minimum atomic E-state index is -4.03. The number of halogens is 1. The van der Waals surface area contributed by atoms with Crippen LogP contribution in [0.2, 0.25) is 0 Å². The van der Waals surface area contributed by atoms with Crippen LogP contribution in [-0.4, -0.2) is 35.4 Å². The lowest BCUT2D eigenvalue weighted by Crippen LogP contribution is -2.27. The number of carbonyl (C=O) groups excluding carboxylic acids is 1. The van der Waals surface area contributed by atoms with Crippen molar-refractivity contribution in [3.05, 3.63) is 94.5 Å². The number of rotatable bonds is 12. The van der Waals surface area contributed by atoms with Gasteiger partial charge in [-0.25, -0.2) is 18.4 Å². The summed E-state index contributed by atoms with van der Waals surface area (Å²) in [6, 6.07) is 23.7. The summed E-state index contributed by atoms with van der Waals surface area (Å²) in [4.78, 5) is 23.6. The highest BCUT2D eigenvalue weighted by Crippen LogP contribution is 2.32. The fraction of sp³-hybridized carbons (Fsp3) is 0.258. The maximum atomic E-state index is 13.8. The van der Waals surface area contributed by atoms with Crippen LogP contribution in [0.25, 0.3) is 22.2 Å². The predicted octanol–water partition coefficient (Wildman–Crippen LogP) is 6.70. The summed E-state index contributed by atoms with van der Waals surface area (Å²) < 4.78 is 32.5. The maximum Gasteiger partial charge on any atom is 0.263 e. The monoisotopic (exact) mass is 633 g/mol. The number of sulfonamides is 1. The number of benzene rings is 3. The SMILES string of the molecule is CCCCCCn1c(NS(=O)(=O)c2ccc(Br)cc2)c(C(=O)NCCc2ccccc2)c2nc3ccccc3nc21. The van der Waals surface area contributed by atoms with E-state index < -0.39 is 15.9 Å². The van der Waals surface area contributed by atoms with E-state index in [1.807, 2.05) is 54.6 Å². The van der Waals surface area contributed by atoms with Crippen LogP contribution in [-0.2, 0) is 23.0 Å². The molecule has 5 aromatic rings. The first kappa shape index (κ1) is 28.8. The molecule has 1 amide bonds. The average Bonchev–Trinajstić information content (AvgIpc) is 3.25. The number of aromatic nitrogens is 3. The predicted molar refractivity (Wildman–Crippen MR) is 167 cm³/mol. The number of hydrogen-bond donors (Lipinski definition) is 2. The molecule has 0 fully saturated rings. The number of nitrogens with one attached hydrogen (secondary N) is 2. The summed E-state index contributed by atoms with van der Waals surface area (Å²) in [5.74, 6) is -0.233. The molecule has 2 heterocycles. The second-order valence-corrected chi connectivity index (χ2v) is 12.5. The van der Waals surface area contributed by atoms with Crippen molar-refractivity contribution in [3.63, 3.8) is 0 Å². The number of aryl methyl sites for hydroxylation is 1. The molecule has 0 aliphatic heterocycles. The number of unbranched alkanes of at least 4 members (excludes halogenated alkanes) is 3. The molecule has 2 aromatic heterocycles. The zero-order valence-corrected chi connectivity index (χ0v) is 25.2. The third-order valence-corrected chi connectivity index (χ3v) is 8.79. The number of fused-ring (bicyclic) bond motifs is 2. The molecule has 0 atom stereocenters. The van der Waals surface area contributed by atoms with E-state index in [1.165, 1.54) is 12.1 Å². The molecule has 2 N–H and O–H groups in total. The first-order chi connectivity index (χ1) is 19.9. The van der Waals surface area contributed by atoms with Crippen LogP contribution in [0, 0.1) is 0 Å². The Morgan fingerprint density at radius 2 is 1.56 bits per heavy atom. The van der Waals surface area contributed by atoms with Crippen molar-refractivity contribution < 1.29 is 13.2 Å². The molecule has 0 saturated carbocycles. The summed E-state index contributed by atoms with van der Waals surface area (Å²) in [5, 5.41) is 2.99. The molecule has 212 valence electrons. The van der Waals surface area contributed by atoms with Crippen molar-refractivity contribution >= 4 is 59.9 Å². The summed E-state index contributed by atoms with van der Waals surface area (Å²) in [7, 11) is -4.03. The van der Waals surface area contributed by atoms with E-state index in [9.17, 15) is 13.2 Å². The smallest absolute Gasteiger partial charge is 0.263 e. The highest BCUT2D eigenvalue weighted by Gasteiger charge is 2.29. The van der Waals surface area contributed by atoms with E-state index >= 15 is 0 Å². The fourth-order valence-electron chi connectivity index (χ4n) is 4.79. The second kappa shape index (κ2) is 12.8. The van der Waals surface area contributed by atoms with Gasteiger partial charge in [0.05, 0.1) is 15.9 Å². The fourth-order valence-corrected chi connectivity index (χ4v) is 6.13. The highest BCUT2D eigenvalue weighted by atomic mass is 79.9. The van der Waals surface area contributed by atoms with Crippen LogP contribution in [0.5, 0.6) is 0 Å². The Morgan fingerprint density at radius 1 is 0.878 bits per heavy atom. The van der Waals surface area contributed by atoms with Gasteiger partial charge in [-0.2, -0.15) is 0 Å².